The number of amides is 2. The fourth-order valence-corrected chi connectivity index (χ4v) is 3.09. The number of rotatable bonds is 6. The molecule has 2 aromatic carbocycles. The van der Waals surface area contributed by atoms with Crippen LogP contribution >= 0.6 is 0 Å². The Kier molecular flexibility index (Phi) is 5.43. The van der Waals surface area contributed by atoms with Crippen molar-refractivity contribution in [2.24, 2.45) is 5.92 Å². The SMILES string of the molecule is O=C(CCC1CCNC1)NCC(=O)Nc1cccc2ccccc12. The van der Waals surface area contributed by atoms with E-state index in [0.29, 0.717) is 12.3 Å². The number of fused-ring (bicyclic) bond motifs is 1. The average molecular weight is 325 g/mol. The minimum Gasteiger partial charge on any atom is -0.347 e. The third-order valence-electron chi connectivity index (χ3n) is 4.45. The first-order valence-electron chi connectivity index (χ1n) is 8.47. The fraction of sp³-hybridized carbons (Fsp3) is 0.368. The van der Waals surface area contributed by atoms with Gasteiger partial charge in [0.1, 0.15) is 0 Å². The van der Waals surface area contributed by atoms with Gasteiger partial charge >= 0.3 is 0 Å². The van der Waals surface area contributed by atoms with E-state index >= 15 is 0 Å². The zero-order valence-electron chi connectivity index (χ0n) is 13.7. The van der Waals surface area contributed by atoms with E-state index < -0.39 is 0 Å². The van der Waals surface area contributed by atoms with Gasteiger partial charge in [0.25, 0.3) is 0 Å². The molecule has 3 N–H and O–H groups in total. The predicted molar refractivity (Wildman–Crippen MR) is 95.8 cm³/mol. The molecule has 1 heterocycles. The van der Waals surface area contributed by atoms with Crippen molar-refractivity contribution in [1.29, 1.82) is 0 Å². The minimum absolute atomic E-state index is 0.00493. The van der Waals surface area contributed by atoms with Crippen molar-refractivity contribution in [2.45, 2.75) is 19.3 Å². The Bertz CT molecular complexity index is 718. The highest BCUT2D eigenvalue weighted by atomic mass is 16.2. The normalized spacial score (nSPS) is 16.9. The van der Waals surface area contributed by atoms with Gasteiger partial charge in [-0.25, -0.2) is 0 Å². The second kappa shape index (κ2) is 7.93. The molecule has 0 aliphatic carbocycles. The van der Waals surface area contributed by atoms with Gasteiger partial charge in [0, 0.05) is 17.5 Å². The molecule has 1 unspecified atom stereocenters. The van der Waals surface area contributed by atoms with Crippen LogP contribution in [0.3, 0.4) is 0 Å². The summed E-state index contributed by atoms with van der Waals surface area (Å²) in [6.45, 7) is 2.04. The molecule has 0 bridgehead atoms. The van der Waals surface area contributed by atoms with Crippen LogP contribution in [0.15, 0.2) is 42.5 Å². The van der Waals surface area contributed by atoms with E-state index in [1.807, 2.05) is 42.5 Å². The molecule has 1 saturated heterocycles. The Morgan fingerprint density at radius 3 is 2.75 bits per heavy atom. The van der Waals surface area contributed by atoms with Gasteiger partial charge in [0.05, 0.1) is 6.54 Å². The van der Waals surface area contributed by atoms with Gasteiger partial charge in [0.2, 0.25) is 11.8 Å². The molecular formula is C19H23N3O2. The molecule has 126 valence electrons. The second-order valence-electron chi connectivity index (χ2n) is 6.25. The van der Waals surface area contributed by atoms with Crippen LogP contribution < -0.4 is 16.0 Å². The lowest BCUT2D eigenvalue weighted by Gasteiger charge is -2.10. The van der Waals surface area contributed by atoms with Crippen LogP contribution in [0.1, 0.15) is 19.3 Å². The summed E-state index contributed by atoms with van der Waals surface area (Å²) < 4.78 is 0. The standard InChI is InChI=1S/C19H23N3O2/c23-18(9-8-14-10-11-20-12-14)21-13-19(24)22-17-7-3-5-15-4-1-2-6-16(15)17/h1-7,14,20H,8-13H2,(H,21,23)(H,22,24). The first-order chi connectivity index (χ1) is 11.7. The lowest BCUT2D eigenvalue weighted by Crippen LogP contribution is -2.33. The first-order valence-corrected chi connectivity index (χ1v) is 8.47. The Morgan fingerprint density at radius 1 is 1.08 bits per heavy atom. The highest BCUT2D eigenvalue weighted by Crippen LogP contribution is 2.22. The molecule has 0 aromatic heterocycles. The van der Waals surface area contributed by atoms with Gasteiger partial charge in [-0.1, -0.05) is 36.4 Å². The molecule has 1 aliphatic rings. The molecule has 2 amide bonds. The maximum atomic E-state index is 12.1. The van der Waals surface area contributed by atoms with E-state index in [4.69, 9.17) is 0 Å². The molecule has 5 nitrogen and oxygen atoms in total. The number of nitrogens with one attached hydrogen (secondary N) is 3. The summed E-state index contributed by atoms with van der Waals surface area (Å²) >= 11 is 0. The summed E-state index contributed by atoms with van der Waals surface area (Å²) in [5.41, 5.74) is 0.768. The van der Waals surface area contributed by atoms with Crippen LogP contribution in [-0.2, 0) is 9.59 Å². The molecule has 2 aromatic rings. The molecule has 24 heavy (non-hydrogen) atoms. The van der Waals surface area contributed by atoms with Crippen LogP contribution in [0.4, 0.5) is 5.69 Å². The lowest BCUT2D eigenvalue weighted by molar-refractivity contribution is -0.124. The van der Waals surface area contributed by atoms with Crippen molar-refractivity contribution in [3.63, 3.8) is 0 Å². The number of carbonyl (C=O) groups is 2. The Morgan fingerprint density at radius 2 is 1.92 bits per heavy atom. The van der Waals surface area contributed by atoms with Gasteiger partial charge in [-0.15, -0.1) is 0 Å². The van der Waals surface area contributed by atoms with Crippen molar-refractivity contribution < 1.29 is 9.59 Å². The summed E-state index contributed by atoms with van der Waals surface area (Å²) in [5, 5.41) is 10.9. The molecule has 3 rings (SSSR count). The summed E-state index contributed by atoms with van der Waals surface area (Å²) in [7, 11) is 0. The highest BCUT2D eigenvalue weighted by Gasteiger charge is 2.16. The molecule has 0 spiro atoms. The van der Waals surface area contributed by atoms with Gasteiger partial charge in [-0.05, 0) is 43.3 Å². The van der Waals surface area contributed by atoms with Crippen LogP contribution in [0, 0.1) is 5.92 Å². The Labute approximate surface area is 141 Å². The van der Waals surface area contributed by atoms with Crippen molar-refractivity contribution >= 4 is 28.3 Å². The van der Waals surface area contributed by atoms with Crippen molar-refractivity contribution in [3.8, 4) is 0 Å². The van der Waals surface area contributed by atoms with E-state index in [1.54, 1.807) is 0 Å². The Hall–Kier alpha value is -2.40. The van der Waals surface area contributed by atoms with Crippen molar-refractivity contribution in [1.82, 2.24) is 10.6 Å². The first kappa shape index (κ1) is 16.5. The van der Waals surface area contributed by atoms with Crippen molar-refractivity contribution in [3.05, 3.63) is 42.5 Å². The molecule has 1 atom stereocenters. The van der Waals surface area contributed by atoms with E-state index in [9.17, 15) is 9.59 Å². The minimum atomic E-state index is -0.206. The molecule has 1 fully saturated rings. The van der Waals surface area contributed by atoms with E-state index in [0.717, 1.165) is 42.4 Å². The maximum absolute atomic E-state index is 12.1. The Balaban J connectivity index is 1.47. The van der Waals surface area contributed by atoms with Crippen LogP contribution in [0.2, 0.25) is 0 Å². The maximum Gasteiger partial charge on any atom is 0.243 e. The van der Waals surface area contributed by atoms with E-state index in [2.05, 4.69) is 16.0 Å². The van der Waals surface area contributed by atoms with Gasteiger partial charge in [0.15, 0.2) is 0 Å². The topological polar surface area (TPSA) is 70.2 Å². The smallest absolute Gasteiger partial charge is 0.243 e. The highest BCUT2D eigenvalue weighted by molar-refractivity contribution is 6.03. The van der Waals surface area contributed by atoms with Gasteiger partial charge in [-0.3, -0.25) is 9.59 Å². The van der Waals surface area contributed by atoms with Gasteiger partial charge in [-0.2, -0.15) is 0 Å². The third kappa shape index (κ3) is 4.32. The quantitative estimate of drug-likeness (QED) is 0.763. The molecule has 0 radical (unpaired) electrons. The zero-order valence-corrected chi connectivity index (χ0v) is 13.7. The second-order valence-corrected chi connectivity index (χ2v) is 6.25. The third-order valence-corrected chi connectivity index (χ3v) is 4.45. The molecule has 5 heteroatoms. The molecule has 0 saturated carbocycles. The van der Waals surface area contributed by atoms with Crippen LogP contribution in [0.5, 0.6) is 0 Å². The summed E-state index contributed by atoms with van der Waals surface area (Å²) in [6.07, 6.45) is 2.49. The number of benzene rings is 2. The number of anilines is 1. The van der Waals surface area contributed by atoms with Crippen molar-refractivity contribution in [2.75, 3.05) is 25.0 Å². The molecule has 1 aliphatic heterocycles. The van der Waals surface area contributed by atoms with E-state index in [-0.39, 0.29) is 18.4 Å². The lowest BCUT2D eigenvalue weighted by atomic mass is 10.0. The number of carbonyl (C=O) groups excluding carboxylic acids is 2. The monoisotopic (exact) mass is 325 g/mol. The van der Waals surface area contributed by atoms with Crippen LogP contribution in [0.25, 0.3) is 10.8 Å². The molecular weight excluding hydrogens is 302 g/mol. The predicted octanol–water partition coefficient (Wildman–Crippen LogP) is 2.28. The number of hydrogen-bond acceptors (Lipinski definition) is 3. The summed E-state index contributed by atoms with van der Waals surface area (Å²) in [6, 6.07) is 13.7. The van der Waals surface area contributed by atoms with Crippen LogP contribution in [-0.4, -0.2) is 31.4 Å². The number of hydrogen-bond donors (Lipinski definition) is 3. The van der Waals surface area contributed by atoms with Gasteiger partial charge < -0.3 is 16.0 Å². The largest absolute Gasteiger partial charge is 0.347 e. The fourth-order valence-electron chi connectivity index (χ4n) is 3.09. The summed E-state index contributed by atoms with van der Waals surface area (Å²) in [4.78, 5) is 23.9. The average Bonchev–Trinajstić information content (AvgIpc) is 3.12. The zero-order chi connectivity index (χ0) is 16.8. The van der Waals surface area contributed by atoms with E-state index in [1.165, 1.54) is 0 Å². The summed E-state index contributed by atoms with van der Waals surface area (Å²) in [5.74, 6) is 0.317.